The number of fused-ring (bicyclic) bond motifs is 2. The Labute approximate surface area is 314 Å². The number of aryl methyl sites for hydroxylation is 2. The van der Waals surface area contributed by atoms with Crippen LogP contribution in [0.3, 0.4) is 0 Å². The van der Waals surface area contributed by atoms with Gasteiger partial charge in [-0.3, -0.25) is 14.8 Å². The smallest absolute Gasteiger partial charge is 0.255 e. The number of benzene rings is 3. The average Bonchev–Trinajstić information content (AvgIpc) is 3.88. The predicted molar refractivity (Wildman–Crippen MR) is 203 cm³/mol. The summed E-state index contributed by atoms with van der Waals surface area (Å²) in [7, 11) is 0. The van der Waals surface area contributed by atoms with Gasteiger partial charge in [-0.2, -0.15) is 5.10 Å². The third-order valence-corrected chi connectivity index (χ3v) is 9.95. The summed E-state index contributed by atoms with van der Waals surface area (Å²) in [6.45, 7) is 7.33. The fourth-order valence-electron chi connectivity index (χ4n) is 6.77. The van der Waals surface area contributed by atoms with Crippen molar-refractivity contribution in [3.8, 4) is 5.88 Å². The Morgan fingerprint density at radius 3 is 2.74 bits per heavy atom. The van der Waals surface area contributed by atoms with Gasteiger partial charge in [-0.05, 0) is 74.4 Å². The molecule has 7 aromatic rings. The van der Waals surface area contributed by atoms with E-state index in [-0.39, 0.29) is 17.7 Å². The van der Waals surface area contributed by atoms with Crippen LogP contribution in [0.4, 0.5) is 14.5 Å². The van der Waals surface area contributed by atoms with Gasteiger partial charge >= 0.3 is 0 Å². The second kappa shape index (κ2) is 14.8. The molecule has 0 spiro atoms. The van der Waals surface area contributed by atoms with Crippen LogP contribution in [0.5, 0.6) is 5.88 Å². The molecule has 2 N–H and O–H groups in total. The van der Waals surface area contributed by atoms with Crippen molar-refractivity contribution in [3.05, 3.63) is 136 Å². The van der Waals surface area contributed by atoms with Crippen molar-refractivity contribution in [2.75, 3.05) is 18.4 Å². The number of hydrogen-bond acceptors (Lipinski definition) is 7. The highest BCUT2D eigenvalue weighted by Gasteiger charge is 2.21. The Morgan fingerprint density at radius 1 is 1.04 bits per heavy atom. The number of H-pyrrole nitrogens is 1. The van der Waals surface area contributed by atoms with Gasteiger partial charge in [0.1, 0.15) is 23.8 Å². The quantitative estimate of drug-likeness (QED) is 0.138. The minimum Gasteiger partial charge on any atom is -0.473 e. The number of pyridine rings is 1. The summed E-state index contributed by atoms with van der Waals surface area (Å²) in [5.41, 5.74) is 6.66. The van der Waals surface area contributed by atoms with Crippen LogP contribution in [0.25, 0.3) is 27.5 Å². The number of ether oxygens (including phenoxy) is 1. The van der Waals surface area contributed by atoms with Crippen LogP contribution in [0.15, 0.2) is 85.3 Å². The number of carbonyl (C=O) groups is 1. The number of hydrogen-bond donors (Lipinski definition) is 2. The van der Waals surface area contributed by atoms with E-state index in [1.807, 2.05) is 42.9 Å². The fraction of sp³-hybridized carbons (Fsp3) is 0.225. The normalized spacial score (nSPS) is 13.5. The van der Waals surface area contributed by atoms with Gasteiger partial charge in [-0.25, -0.2) is 23.7 Å². The van der Waals surface area contributed by atoms with Gasteiger partial charge in [0, 0.05) is 64.8 Å². The molecule has 0 fully saturated rings. The van der Waals surface area contributed by atoms with Crippen molar-refractivity contribution in [2.24, 2.45) is 0 Å². The number of imidazole rings is 2. The first-order valence-corrected chi connectivity index (χ1v) is 18.0. The molecule has 1 aliphatic rings. The summed E-state index contributed by atoms with van der Waals surface area (Å²) in [4.78, 5) is 29.7. The highest BCUT2D eigenvalue weighted by molar-refractivity contribution is 6.30. The lowest BCUT2D eigenvalue weighted by atomic mass is 10.0. The highest BCUT2D eigenvalue weighted by atomic mass is 35.5. The molecule has 1 amide bonds. The molecule has 0 radical (unpaired) electrons. The fourth-order valence-corrected chi connectivity index (χ4v) is 6.92. The molecule has 0 saturated carbocycles. The highest BCUT2D eigenvalue weighted by Crippen LogP contribution is 2.28. The van der Waals surface area contributed by atoms with Crippen LogP contribution >= 0.6 is 11.6 Å². The van der Waals surface area contributed by atoms with E-state index in [1.54, 1.807) is 31.2 Å². The van der Waals surface area contributed by atoms with Crippen molar-refractivity contribution < 1.29 is 18.3 Å². The van der Waals surface area contributed by atoms with Crippen LogP contribution in [0, 0.1) is 18.6 Å². The van der Waals surface area contributed by atoms with Crippen LogP contribution < -0.4 is 10.1 Å². The Kier molecular flexibility index (Phi) is 9.65. The van der Waals surface area contributed by atoms with E-state index in [1.165, 1.54) is 12.1 Å². The Balaban J connectivity index is 1.01. The monoisotopic (exact) mass is 747 g/mol. The molecular formula is C40H36ClF2N9O2. The molecule has 0 bridgehead atoms. The van der Waals surface area contributed by atoms with Crippen molar-refractivity contribution in [1.82, 2.24) is 39.2 Å². The van der Waals surface area contributed by atoms with E-state index < -0.39 is 17.5 Å². The molecule has 0 aliphatic carbocycles. The average molecular weight is 748 g/mol. The molecule has 11 nitrogen and oxygen atoms in total. The summed E-state index contributed by atoms with van der Waals surface area (Å²) < 4.78 is 39.1. The van der Waals surface area contributed by atoms with Crippen LogP contribution in [-0.2, 0) is 26.2 Å². The lowest BCUT2D eigenvalue weighted by Gasteiger charge is -2.26. The number of rotatable bonds is 11. The van der Waals surface area contributed by atoms with Gasteiger partial charge in [0.05, 0.1) is 41.8 Å². The summed E-state index contributed by atoms with van der Waals surface area (Å²) >= 11 is 5.88. The number of carbonyl (C=O) groups excluding carboxylic acids is 1. The molecule has 4 aromatic heterocycles. The number of anilines is 1. The number of halogens is 3. The van der Waals surface area contributed by atoms with E-state index in [9.17, 15) is 13.6 Å². The predicted octanol–water partition coefficient (Wildman–Crippen LogP) is 7.93. The third-order valence-electron chi connectivity index (χ3n) is 9.71. The Morgan fingerprint density at radius 2 is 1.93 bits per heavy atom. The number of aromatic nitrogens is 7. The van der Waals surface area contributed by atoms with E-state index >= 15 is 0 Å². The van der Waals surface area contributed by atoms with Crippen LogP contribution in [0.2, 0.25) is 5.02 Å². The topological polar surface area (TPSA) is 119 Å². The summed E-state index contributed by atoms with van der Waals surface area (Å²) in [5.74, 6) is -0.117. The molecule has 0 unspecified atom stereocenters. The first kappa shape index (κ1) is 35.1. The molecule has 274 valence electrons. The van der Waals surface area contributed by atoms with Gasteiger partial charge in [0.15, 0.2) is 5.82 Å². The molecule has 0 saturated heterocycles. The molecule has 14 heteroatoms. The summed E-state index contributed by atoms with van der Waals surface area (Å²) in [6, 6.07) is 18.6. The zero-order valence-electron chi connectivity index (χ0n) is 29.6. The van der Waals surface area contributed by atoms with E-state index in [2.05, 4.69) is 47.5 Å². The van der Waals surface area contributed by atoms with Gasteiger partial charge < -0.3 is 19.2 Å². The molecule has 8 rings (SSSR count). The van der Waals surface area contributed by atoms with Crippen molar-refractivity contribution >= 4 is 50.7 Å². The Hall–Kier alpha value is -5.92. The first-order valence-electron chi connectivity index (χ1n) is 17.6. The maximum atomic E-state index is 14.7. The van der Waals surface area contributed by atoms with Crippen molar-refractivity contribution in [2.45, 2.75) is 46.5 Å². The lowest BCUT2D eigenvalue weighted by molar-refractivity contribution is 0.102. The largest absolute Gasteiger partial charge is 0.473 e. The number of nitrogens with zero attached hydrogens (tertiary/aromatic N) is 7. The summed E-state index contributed by atoms with van der Waals surface area (Å²) in [6.07, 6.45) is 6.64. The van der Waals surface area contributed by atoms with E-state index in [0.29, 0.717) is 52.9 Å². The zero-order chi connectivity index (χ0) is 37.3. The first-order chi connectivity index (χ1) is 26.2. The van der Waals surface area contributed by atoms with Crippen molar-refractivity contribution in [1.29, 1.82) is 0 Å². The van der Waals surface area contributed by atoms with Crippen LogP contribution in [0.1, 0.15) is 52.2 Å². The number of amides is 1. The van der Waals surface area contributed by atoms with Crippen LogP contribution in [-0.4, -0.2) is 58.2 Å². The molecule has 0 atom stereocenters. The second-order valence-corrected chi connectivity index (χ2v) is 13.7. The molecule has 3 aromatic carbocycles. The van der Waals surface area contributed by atoms with E-state index in [0.717, 1.165) is 53.3 Å². The SMILES string of the molecule is CCn1cncc1Cn1c(CN2CC=C(c3cccc(OCc4ccc(Cl)cc4F)n3)CC2)nc2cc(NC(=O)c3cc(F)c4n[nH]c(C)c4c3)ccc21. The van der Waals surface area contributed by atoms with Gasteiger partial charge in [-0.15, -0.1) is 0 Å². The summed E-state index contributed by atoms with van der Waals surface area (Å²) in [5, 5.41) is 10.6. The van der Waals surface area contributed by atoms with Gasteiger partial charge in [0.25, 0.3) is 5.91 Å². The molecule has 1 aliphatic heterocycles. The molecule has 5 heterocycles. The molecule has 54 heavy (non-hydrogen) atoms. The zero-order valence-corrected chi connectivity index (χ0v) is 30.4. The third kappa shape index (κ3) is 7.20. The maximum absolute atomic E-state index is 14.7. The number of nitrogens with one attached hydrogen (secondary N) is 2. The molecular weight excluding hydrogens is 712 g/mol. The minimum atomic E-state index is -0.561. The lowest BCUT2D eigenvalue weighted by Crippen LogP contribution is -2.29. The van der Waals surface area contributed by atoms with Gasteiger partial charge in [0.2, 0.25) is 5.88 Å². The Bertz CT molecular complexity index is 2560. The number of aromatic amines is 1. The van der Waals surface area contributed by atoms with E-state index in [4.69, 9.17) is 26.3 Å². The van der Waals surface area contributed by atoms with Gasteiger partial charge in [-0.1, -0.05) is 29.8 Å². The van der Waals surface area contributed by atoms with Crippen molar-refractivity contribution in [3.63, 3.8) is 0 Å². The second-order valence-electron chi connectivity index (χ2n) is 13.2. The maximum Gasteiger partial charge on any atom is 0.255 e. The standard InChI is InChI=1S/C40H36ClF2N9O2/c1-3-51-23-44-19-30(51)20-52-36-10-9-29(45-40(53)27-15-31-24(2)48-49-39(31)33(43)16-27)18-35(36)46-37(52)21-50-13-11-25(12-14-50)34-5-4-6-38(47-34)54-22-26-7-8-28(41)17-32(26)42/h4-11,15-19,23H,3,12-14,20-22H2,1-2H3,(H,45,53)(H,48,49). The minimum absolute atomic E-state index is 0.0438.